The molecule has 0 aliphatic rings. The summed E-state index contributed by atoms with van der Waals surface area (Å²) in [7, 11) is 0.0732. The molecular weight excluding hydrogens is 195 g/mol. The van der Waals surface area contributed by atoms with Gasteiger partial charge in [0.1, 0.15) is 0 Å². The van der Waals surface area contributed by atoms with E-state index < -0.39 is 7.12 Å². The highest BCUT2D eigenvalue weighted by Crippen LogP contribution is 2.03. The second-order valence-corrected chi connectivity index (χ2v) is 3.31. The van der Waals surface area contributed by atoms with Crippen LogP contribution in [0, 0.1) is 0 Å². The molecule has 15 heavy (non-hydrogen) atoms. The van der Waals surface area contributed by atoms with Gasteiger partial charge in [-0.15, -0.1) is 0 Å². The zero-order chi connectivity index (χ0) is 11.0. The number of fused-ring (bicyclic) bond motifs is 1. The van der Waals surface area contributed by atoms with Crippen molar-refractivity contribution in [1.82, 2.24) is 9.55 Å². The molecule has 0 saturated carbocycles. The molecule has 0 unspecified atom stereocenters. The van der Waals surface area contributed by atoms with E-state index >= 15 is 0 Å². The lowest BCUT2D eigenvalue weighted by atomic mass is 9.80. The highest BCUT2D eigenvalue weighted by molar-refractivity contribution is 6.58. The molecule has 0 aliphatic heterocycles. The van der Waals surface area contributed by atoms with E-state index in [1.807, 2.05) is 0 Å². The Labute approximate surface area is 85.8 Å². The molecule has 6 heteroatoms. The second kappa shape index (κ2) is 3.49. The van der Waals surface area contributed by atoms with Gasteiger partial charge in [0.2, 0.25) is 0 Å². The molecule has 0 saturated heterocycles. The highest BCUT2D eigenvalue weighted by atomic mass is 16.4. The predicted molar refractivity (Wildman–Crippen MR) is 56.8 cm³/mol. The molecule has 0 radical (unpaired) electrons. The monoisotopic (exact) mass is 204 g/mol. The van der Waals surface area contributed by atoms with Crippen molar-refractivity contribution >= 4 is 23.5 Å². The van der Waals surface area contributed by atoms with Gasteiger partial charge in [-0.3, -0.25) is 4.79 Å². The van der Waals surface area contributed by atoms with Crippen LogP contribution < -0.4 is 11.0 Å². The molecule has 2 aromatic rings. The molecule has 0 bridgehead atoms. The van der Waals surface area contributed by atoms with Crippen molar-refractivity contribution in [3.05, 3.63) is 34.9 Å². The summed E-state index contributed by atoms with van der Waals surface area (Å²) in [6, 6.07) is 4.52. The van der Waals surface area contributed by atoms with Gasteiger partial charge in [0, 0.05) is 7.05 Å². The summed E-state index contributed by atoms with van der Waals surface area (Å²) in [5.74, 6) is 0. The maximum absolute atomic E-state index is 11.6. The summed E-state index contributed by atoms with van der Waals surface area (Å²) in [6.45, 7) is 0. The smallest absolute Gasteiger partial charge is 0.423 e. The zero-order valence-corrected chi connectivity index (χ0v) is 8.08. The average Bonchev–Trinajstić information content (AvgIpc) is 2.23. The zero-order valence-electron chi connectivity index (χ0n) is 8.08. The quantitative estimate of drug-likeness (QED) is 0.561. The molecule has 0 amide bonds. The number of rotatable bonds is 1. The molecule has 5 nitrogen and oxygen atoms in total. The van der Waals surface area contributed by atoms with E-state index in [1.165, 1.54) is 23.0 Å². The number of benzene rings is 1. The topological polar surface area (TPSA) is 75.3 Å². The maximum Gasteiger partial charge on any atom is 0.488 e. The summed E-state index contributed by atoms with van der Waals surface area (Å²) < 4.78 is 1.37. The van der Waals surface area contributed by atoms with Gasteiger partial charge in [0.15, 0.2) is 0 Å². The summed E-state index contributed by atoms with van der Waals surface area (Å²) in [5.41, 5.74) is 0.630. The fourth-order valence-corrected chi connectivity index (χ4v) is 1.39. The van der Waals surface area contributed by atoms with E-state index in [1.54, 1.807) is 13.1 Å². The number of nitrogens with zero attached hydrogens (tertiary/aromatic N) is 2. The van der Waals surface area contributed by atoms with Crippen molar-refractivity contribution < 1.29 is 10.0 Å². The Bertz CT molecular complexity index is 565. The Balaban J connectivity index is 2.76. The molecule has 2 N–H and O–H groups in total. The number of hydrogen-bond acceptors (Lipinski definition) is 4. The normalized spacial score (nSPS) is 10.6. The molecule has 2 rings (SSSR count). The first kappa shape index (κ1) is 9.88. The number of aryl methyl sites for hydroxylation is 1. The van der Waals surface area contributed by atoms with Crippen molar-refractivity contribution in [2.24, 2.45) is 7.05 Å². The van der Waals surface area contributed by atoms with E-state index in [2.05, 4.69) is 4.98 Å². The predicted octanol–water partition coefficient (Wildman–Crippen LogP) is -1.39. The van der Waals surface area contributed by atoms with E-state index in [9.17, 15) is 4.79 Å². The van der Waals surface area contributed by atoms with E-state index in [-0.39, 0.29) is 5.56 Å². The minimum absolute atomic E-state index is 0.154. The first-order chi connectivity index (χ1) is 7.09. The van der Waals surface area contributed by atoms with Crippen molar-refractivity contribution in [2.75, 3.05) is 0 Å². The van der Waals surface area contributed by atoms with Gasteiger partial charge in [-0.25, -0.2) is 4.98 Å². The van der Waals surface area contributed by atoms with Crippen LogP contribution in [0.3, 0.4) is 0 Å². The summed E-state index contributed by atoms with van der Waals surface area (Å²) in [5, 5.41) is 18.4. The SMILES string of the molecule is Cn1cnc2cc(B(O)O)ccc2c1=O. The molecule has 0 aliphatic carbocycles. The Morgan fingerprint density at radius 1 is 1.40 bits per heavy atom. The lowest BCUT2D eigenvalue weighted by molar-refractivity contribution is 0.426. The lowest BCUT2D eigenvalue weighted by Gasteiger charge is -2.02. The van der Waals surface area contributed by atoms with Crippen LogP contribution in [0.25, 0.3) is 10.9 Å². The molecule has 1 aromatic carbocycles. The second-order valence-electron chi connectivity index (χ2n) is 3.31. The minimum atomic E-state index is -1.54. The summed E-state index contributed by atoms with van der Waals surface area (Å²) in [6.07, 6.45) is 1.40. The van der Waals surface area contributed by atoms with Gasteiger partial charge < -0.3 is 14.6 Å². The van der Waals surface area contributed by atoms with Crippen LogP contribution in [0.15, 0.2) is 29.3 Å². The third kappa shape index (κ3) is 1.64. The van der Waals surface area contributed by atoms with Gasteiger partial charge in [-0.05, 0) is 17.6 Å². The van der Waals surface area contributed by atoms with Crippen molar-refractivity contribution in [1.29, 1.82) is 0 Å². The Morgan fingerprint density at radius 2 is 2.13 bits per heavy atom. The van der Waals surface area contributed by atoms with Gasteiger partial charge in [-0.2, -0.15) is 0 Å². The highest BCUT2D eigenvalue weighted by Gasteiger charge is 2.12. The van der Waals surface area contributed by atoms with Gasteiger partial charge in [0.05, 0.1) is 17.2 Å². The Kier molecular flexibility index (Phi) is 2.30. The van der Waals surface area contributed by atoms with E-state index in [0.717, 1.165) is 0 Å². The average molecular weight is 204 g/mol. The molecule has 76 valence electrons. The van der Waals surface area contributed by atoms with Crippen LogP contribution in [0.4, 0.5) is 0 Å². The molecular formula is C9H9BN2O3. The van der Waals surface area contributed by atoms with Crippen LogP contribution in [0.5, 0.6) is 0 Å². The van der Waals surface area contributed by atoms with Gasteiger partial charge >= 0.3 is 7.12 Å². The Hall–Kier alpha value is -1.66. The fourth-order valence-electron chi connectivity index (χ4n) is 1.39. The first-order valence-electron chi connectivity index (χ1n) is 4.41. The Morgan fingerprint density at radius 3 is 2.80 bits per heavy atom. The lowest BCUT2D eigenvalue weighted by Crippen LogP contribution is -2.30. The fraction of sp³-hybridized carbons (Fsp3) is 0.111. The largest absolute Gasteiger partial charge is 0.488 e. The van der Waals surface area contributed by atoms with E-state index in [4.69, 9.17) is 10.0 Å². The molecule has 1 heterocycles. The van der Waals surface area contributed by atoms with Gasteiger partial charge in [-0.1, -0.05) is 6.07 Å². The van der Waals surface area contributed by atoms with Crippen LogP contribution >= 0.6 is 0 Å². The van der Waals surface area contributed by atoms with Crippen LogP contribution in [0.2, 0.25) is 0 Å². The number of hydrogen-bond donors (Lipinski definition) is 2. The summed E-state index contributed by atoms with van der Waals surface area (Å²) in [4.78, 5) is 15.6. The molecule has 1 aromatic heterocycles. The standard InChI is InChI=1S/C9H9BN2O3/c1-12-5-11-8-4-6(10(14)15)2-3-7(8)9(12)13/h2-5,14-15H,1H3. The van der Waals surface area contributed by atoms with Crippen molar-refractivity contribution in [3.63, 3.8) is 0 Å². The maximum atomic E-state index is 11.6. The van der Waals surface area contributed by atoms with Crippen molar-refractivity contribution in [3.8, 4) is 0 Å². The van der Waals surface area contributed by atoms with Crippen molar-refractivity contribution in [2.45, 2.75) is 0 Å². The third-order valence-electron chi connectivity index (χ3n) is 2.24. The van der Waals surface area contributed by atoms with E-state index in [0.29, 0.717) is 16.4 Å². The van der Waals surface area contributed by atoms with Crippen LogP contribution in [-0.2, 0) is 7.05 Å². The van der Waals surface area contributed by atoms with Gasteiger partial charge in [0.25, 0.3) is 5.56 Å². The molecule has 0 fully saturated rings. The first-order valence-corrected chi connectivity index (χ1v) is 4.41. The number of aromatic nitrogens is 2. The molecule has 0 atom stereocenters. The van der Waals surface area contributed by atoms with Crippen LogP contribution in [-0.4, -0.2) is 26.7 Å². The minimum Gasteiger partial charge on any atom is -0.423 e. The molecule has 0 spiro atoms. The van der Waals surface area contributed by atoms with Crippen LogP contribution in [0.1, 0.15) is 0 Å². The summed E-state index contributed by atoms with van der Waals surface area (Å²) >= 11 is 0. The third-order valence-corrected chi connectivity index (χ3v) is 2.24.